The molecule has 0 bridgehead atoms. The highest BCUT2D eigenvalue weighted by molar-refractivity contribution is 5.87. The Hall–Kier alpha value is -4.36. The zero-order valence-electron chi connectivity index (χ0n) is 23.8. The quantitative estimate of drug-likeness (QED) is 0.191. The lowest BCUT2D eigenvalue weighted by Crippen LogP contribution is -2.34. The van der Waals surface area contributed by atoms with E-state index in [-0.39, 0.29) is 17.6 Å². The number of benzene rings is 4. The molecule has 218 valence electrons. The van der Waals surface area contributed by atoms with Crippen molar-refractivity contribution in [1.82, 2.24) is 14.5 Å². The molecule has 5 aromatic rings. The predicted octanol–water partition coefficient (Wildman–Crippen LogP) is 7.91. The molecule has 0 radical (unpaired) electrons. The summed E-state index contributed by atoms with van der Waals surface area (Å²) < 4.78 is 30.2. The molecule has 4 aromatic carbocycles. The van der Waals surface area contributed by atoms with Crippen molar-refractivity contribution in [1.29, 1.82) is 0 Å². The average Bonchev–Trinajstić information content (AvgIpc) is 3.80. The highest BCUT2D eigenvalue weighted by Crippen LogP contribution is 2.44. The number of hydrogen-bond acceptors (Lipinski definition) is 3. The minimum atomic E-state index is -0.902. The second kappa shape index (κ2) is 11.4. The number of carboxylic acids is 1. The van der Waals surface area contributed by atoms with Crippen molar-refractivity contribution in [3.8, 4) is 0 Å². The van der Waals surface area contributed by atoms with E-state index in [1.165, 1.54) is 30.1 Å². The molecule has 43 heavy (non-hydrogen) atoms. The SMILES string of the molecule is O=C(O)c1cccc(CN2CCC(n3c(C4CC4)nc4ccc(C(c5ccc(F)cc5)c5ccc(F)cc5)cc43)CC2)c1. The van der Waals surface area contributed by atoms with E-state index >= 15 is 0 Å². The number of carbonyl (C=O) groups is 1. The van der Waals surface area contributed by atoms with Crippen LogP contribution in [0.15, 0.2) is 91.0 Å². The van der Waals surface area contributed by atoms with Gasteiger partial charge in [0.1, 0.15) is 17.5 Å². The smallest absolute Gasteiger partial charge is 0.335 e. The van der Waals surface area contributed by atoms with Crippen LogP contribution in [0.4, 0.5) is 8.78 Å². The molecule has 0 atom stereocenters. The third kappa shape index (κ3) is 5.69. The van der Waals surface area contributed by atoms with Crippen LogP contribution in [0.1, 0.15) is 82.0 Å². The highest BCUT2D eigenvalue weighted by Gasteiger charge is 2.33. The van der Waals surface area contributed by atoms with Gasteiger partial charge in [-0.05, 0) is 96.5 Å². The number of carboxylic acid groups (broad SMARTS) is 1. The Morgan fingerprint density at radius 1 is 0.814 bits per heavy atom. The van der Waals surface area contributed by atoms with Gasteiger partial charge in [0.05, 0.1) is 16.6 Å². The summed E-state index contributed by atoms with van der Waals surface area (Å²) >= 11 is 0. The van der Waals surface area contributed by atoms with Crippen molar-refractivity contribution < 1.29 is 18.7 Å². The molecule has 1 saturated carbocycles. The standard InChI is InChI=1S/C36H33F2N3O2/c37-29-11-6-24(7-12-29)34(25-8-13-30(38)14-9-25)27-10-15-32-33(21-27)41(35(39-32)26-4-5-26)31-16-18-40(19-17-31)22-23-2-1-3-28(20-23)36(42)43/h1-3,6-15,20-21,26,31,34H,4-5,16-19,22H2,(H,42,43). The summed E-state index contributed by atoms with van der Waals surface area (Å²) in [7, 11) is 0. The van der Waals surface area contributed by atoms with E-state index in [2.05, 4.69) is 27.7 Å². The summed E-state index contributed by atoms with van der Waals surface area (Å²) in [4.78, 5) is 18.9. The number of likely N-dealkylation sites (tertiary alicyclic amines) is 1. The Labute approximate surface area is 249 Å². The molecule has 5 nitrogen and oxygen atoms in total. The summed E-state index contributed by atoms with van der Waals surface area (Å²) in [6.45, 7) is 2.56. The first-order chi connectivity index (χ1) is 20.9. The van der Waals surface area contributed by atoms with Crippen molar-refractivity contribution in [2.45, 2.75) is 50.1 Å². The number of aromatic nitrogens is 2. The van der Waals surface area contributed by atoms with Gasteiger partial charge in [-0.2, -0.15) is 0 Å². The zero-order valence-corrected chi connectivity index (χ0v) is 23.8. The fourth-order valence-corrected chi connectivity index (χ4v) is 6.61. The third-order valence-corrected chi connectivity index (χ3v) is 8.93. The first kappa shape index (κ1) is 27.5. The second-order valence-electron chi connectivity index (χ2n) is 11.9. The number of rotatable bonds is 8. The van der Waals surface area contributed by atoms with Crippen LogP contribution in [0.3, 0.4) is 0 Å². The van der Waals surface area contributed by atoms with Crippen LogP contribution in [-0.2, 0) is 6.54 Å². The minimum Gasteiger partial charge on any atom is -0.478 e. The molecule has 1 aliphatic heterocycles. The molecule has 0 unspecified atom stereocenters. The molecule has 1 aliphatic carbocycles. The molecule has 0 amide bonds. The molecule has 1 N–H and O–H groups in total. The van der Waals surface area contributed by atoms with Crippen molar-refractivity contribution in [3.05, 3.63) is 136 Å². The maximum atomic E-state index is 13.9. The second-order valence-corrected chi connectivity index (χ2v) is 11.9. The number of hydrogen-bond donors (Lipinski definition) is 1. The summed E-state index contributed by atoms with van der Waals surface area (Å²) in [6, 6.07) is 27.1. The van der Waals surface area contributed by atoms with Crippen molar-refractivity contribution in [3.63, 3.8) is 0 Å². The zero-order chi connectivity index (χ0) is 29.5. The molecule has 2 fully saturated rings. The van der Waals surface area contributed by atoms with Crippen LogP contribution in [0.2, 0.25) is 0 Å². The van der Waals surface area contributed by atoms with Crippen molar-refractivity contribution in [2.75, 3.05) is 13.1 Å². The molecular weight excluding hydrogens is 544 g/mol. The Morgan fingerprint density at radius 2 is 1.44 bits per heavy atom. The van der Waals surface area contributed by atoms with E-state index in [0.717, 1.165) is 78.6 Å². The highest BCUT2D eigenvalue weighted by atomic mass is 19.1. The van der Waals surface area contributed by atoms with Crippen molar-refractivity contribution in [2.24, 2.45) is 0 Å². The number of fused-ring (bicyclic) bond motifs is 1. The molecule has 1 saturated heterocycles. The Kier molecular flexibility index (Phi) is 7.27. The van der Waals surface area contributed by atoms with E-state index in [1.807, 2.05) is 36.4 Å². The minimum absolute atomic E-state index is 0.179. The van der Waals surface area contributed by atoms with Gasteiger partial charge in [-0.15, -0.1) is 0 Å². The van der Waals surface area contributed by atoms with Gasteiger partial charge in [0.25, 0.3) is 0 Å². The van der Waals surface area contributed by atoms with Gasteiger partial charge < -0.3 is 9.67 Å². The van der Waals surface area contributed by atoms with E-state index in [4.69, 9.17) is 4.98 Å². The summed E-state index contributed by atoms with van der Waals surface area (Å²) in [6.07, 6.45) is 4.27. The number of halogens is 2. The van der Waals surface area contributed by atoms with Crippen LogP contribution in [0, 0.1) is 11.6 Å². The van der Waals surface area contributed by atoms with Gasteiger partial charge in [0.2, 0.25) is 0 Å². The Bertz CT molecular complexity index is 1720. The molecule has 2 heterocycles. The lowest BCUT2D eigenvalue weighted by atomic mass is 9.85. The van der Waals surface area contributed by atoms with E-state index in [9.17, 15) is 18.7 Å². The summed E-state index contributed by atoms with van der Waals surface area (Å²) in [5.74, 6) is -0.00450. The number of piperidine rings is 1. The van der Waals surface area contributed by atoms with Gasteiger partial charge >= 0.3 is 5.97 Å². The fraction of sp³-hybridized carbons (Fsp3) is 0.278. The van der Waals surface area contributed by atoms with Crippen LogP contribution < -0.4 is 0 Å². The van der Waals surface area contributed by atoms with Gasteiger partial charge in [-0.1, -0.05) is 42.5 Å². The average molecular weight is 578 g/mol. The van der Waals surface area contributed by atoms with Crippen LogP contribution in [0.25, 0.3) is 11.0 Å². The third-order valence-electron chi connectivity index (χ3n) is 8.93. The van der Waals surface area contributed by atoms with Crippen LogP contribution >= 0.6 is 0 Å². The summed E-state index contributed by atoms with van der Waals surface area (Å²) in [5, 5.41) is 9.37. The molecular formula is C36H33F2N3O2. The van der Waals surface area contributed by atoms with E-state index in [0.29, 0.717) is 17.5 Å². The van der Waals surface area contributed by atoms with Crippen molar-refractivity contribution >= 4 is 17.0 Å². The van der Waals surface area contributed by atoms with Gasteiger partial charge in [-0.25, -0.2) is 18.6 Å². The number of nitrogens with zero attached hydrogens (tertiary/aromatic N) is 3. The molecule has 1 aromatic heterocycles. The fourth-order valence-electron chi connectivity index (χ4n) is 6.61. The first-order valence-electron chi connectivity index (χ1n) is 15.0. The largest absolute Gasteiger partial charge is 0.478 e. The topological polar surface area (TPSA) is 58.4 Å². The first-order valence-corrected chi connectivity index (χ1v) is 15.0. The molecule has 0 spiro atoms. The number of aromatic carboxylic acids is 1. The van der Waals surface area contributed by atoms with Gasteiger partial charge in [0.15, 0.2) is 0 Å². The lowest BCUT2D eigenvalue weighted by Gasteiger charge is -2.34. The Balaban J connectivity index is 1.21. The molecule has 7 rings (SSSR count). The Morgan fingerprint density at radius 3 is 2.05 bits per heavy atom. The van der Waals surface area contributed by atoms with Crippen LogP contribution in [0.5, 0.6) is 0 Å². The van der Waals surface area contributed by atoms with Crippen LogP contribution in [-0.4, -0.2) is 38.6 Å². The normalized spacial score (nSPS) is 16.3. The lowest BCUT2D eigenvalue weighted by molar-refractivity contribution is 0.0696. The monoisotopic (exact) mass is 577 g/mol. The maximum absolute atomic E-state index is 13.9. The number of imidazole rings is 1. The van der Waals surface area contributed by atoms with E-state index < -0.39 is 5.97 Å². The van der Waals surface area contributed by atoms with Gasteiger partial charge in [-0.3, -0.25) is 4.90 Å². The molecule has 7 heteroatoms. The predicted molar refractivity (Wildman–Crippen MR) is 162 cm³/mol. The van der Waals surface area contributed by atoms with Gasteiger partial charge in [0, 0.05) is 37.5 Å². The maximum Gasteiger partial charge on any atom is 0.335 e. The van der Waals surface area contributed by atoms with E-state index in [1.54, 1.807) is 12.1 Å². The molecule has 2 aliphatic rings. The summed E-state index contributed by atoms with van der Waals surface area (Å²) in [5.41, 5.74) is 6.38.